The summed E-state index contributed by atoms with van der Waals surface area (Å²) in [5.41, 5.74) is 1.11. The number of benzene rings is 2. The van der Waals surface area contributed by atoms with Crippen molar-refractivity contribution in [2.45, 2.75) is 12.7 Å². The monoisotopic (exact) mass is 394 g/mol. The van der Waals surface area contributed by atoms with Gasteiger partial charge in [-0.05, 0) is 24.3 Å². The fourth-order valence-electron chi connectivity index (χ4n) is 2.91. The van der Waals surface area contributed by atoms with E-state index in [-0.39, 0.29) is 5.57 Å². The molecule has 6 heteroatoms. The van der Waals surface area contributed by atoms with E-state index in [1.54, 1.807) is 54.6 Å². The lowest BCUT2D eigenvalue weighted by Gasteiger charge is -2.33. The molecule has 0 radical (unpaired) electrons. The molecule has 0 atom stereocenters. The number of ether oxygens (including phenoxy) is 2. The number of carbonyl (C=O) groups is 2. The molecular weight excluding hydrogens is 380 g/mol. The number of hydrogen-bond donors (Lipinski definition) is 0. The molecule has 1 fully saturated rings. The van der Waals surface area contributed by atoms with Crippen LogP contribution in [-0.2, 0) is 24.8 Å². The smallest absolute Gasteiger partial charge is 0.349 e. The van der Waals surface area contributed by atoms with Gasteiger partial charge in [0.15, 0.2) is 0 Å². The predicted molar refractivity (Wildman–Crippen MR) is 103 cm³/mol. The molecule has 5 nitrogen and oxygen atoms in total. The van der Waals surface area contributed by atoms with E-state index in [4.69, 9.17) is 25.5 Å². The zero-order chi connectivity index (χ0) is 19.7. The second-order valence-electron chi connectivity index (χ2n) is 6.36. The van der Waals surface area contributed by atoms with E-state index in [1.165, 1.54) is 13.0 Å². The van der Waals surface area contributed by atoms with Crippen molar-refractivity contribution in [1.29, 1.82) is 0 Å². The molecule has 2 heterocycles. The molecule has 1 saturated heterocycles. The maximum atomic E-state index is 12.5. The quantitative estimate of drug-likeness (QED) is 0.357. The van der Waals surface area contributed by atoms with Gasteiger partial charge < -0.3 is 13.9 Å². The second-order valence-corrected chi connectivity index (χ2v) is 6.80. The maximum Gasteiger partial charge on any atom is 0.349 e. The first kappa shape index (κ1) is 18.1. The first-order valence-electron chi connectivity index (χ1n) is 8.54. The van der Waals surface area contributed by atoms with Crippen molar-refractivity contribution in [3.63, 3.8) is 0 Å². The summed E-state index contributed by atoms with van der Waals surface area (Å²) in [5, 5.41) is 0.577. The van der Waals surface area contributed by atoms with Crippen LogP contribution in [0.4, 0.5) is 0 Å². The van der Waals surface area contributed by atoms with Crippen LogP contribution >= 0.6 is 11.6 Å². The lowest BCUT2D eigenvalue weighted by atomic mass is 10.1. The summed E-state index contributed by atoms with van der Waals surface area (Å²) in [6, 6.07) is 19.3. The highest BCUT2D eigenvalue weighted by Gasteiger charge is 2.44. The first-order chi connectivity index (χ1) is 13.4. The number of carbonyl (C=O) groups excluding carboxylic acids is 2. The zero-order valence-corrected chi connectivity index (χ0v) is 15.6. The molecule has 28 heavy (non-hydrogen) atoms. The highest BCUT2D eigenvalue weighted by molar-refractivity contribution is 6.30. The van der Waals surface area contributed by atoms with E-state index in [0.29, 0.717) is 22.1 Å². The van der Waals surface area contributed by atoms with Gasteiger partial charge in [0.05, 0.1) is 0 Å². The standard InChI is InChI=1S/C22H15ClO5/c1-22(15-7-3-2-4-8-15)27-20(24)18(21(25)28-22)13-17-10-11-19(26-17)14-6-5-9-16(23)12-14/h2-13H,1H3. The summed E-state index contributed by atoms with van der Waals surface area (Å²) in [7, 11) is 0. The van der Waals surface area contributed by atoms with Crippen molar-refractivity contribution in [2.24, 2.45) is 0 Å². The molecule has 0 aliphatic carbocycles. The molecule has 3 aromatic rings. The van der Waals surface area contributed by atoms with Crippen molar-refractivity contribution >= 4 is 29.6 Å². The molecule has 0 amide bonds. The Bertz CT molecular complexity index is 1060. The van der Waals surface area contributed by atoms with Crippen LogP contribution in [0.3, 0.4) is 0 Å². The van der Waals surface area contributed by atoms with E-state index in [2.05, 4.69) is 0 Å². The third kappa shape index (κ3) is 3.44. The fourth-order valence-corrected chi connectivity index (χ4v) is 3.10. The Morgan fingerprint density at radius 1 is 0.893 bits per heavy atom. The van der Waals surface area contributed by atoms with Crippen molar-refractivity contribution in [2.75, 3.05) is 0 Å². The molecule has 140 valence electrons. The van der Waals surface area contributed by atoms with Gasteiger partial charge in [-0.15, -0.1) is 0 Å². The van der Waals surface area contributed by atoms with E-state index < -0.39 is 17.7 Å². The minimum absolute atomic E-state index is 0.236. The summed E-state index contributed by atoms with van der Waals surface area (Å²) in [5.74, 6) is -2.14. The average Bonchev–Trinajstić information content (AvgIpc) is 3.14. The Hall–Kier alpha value is -3.31. The molecular formula is C22H15ClO5. The Labute approximate surface area is 166 Å². The van der Waals surface area contributed by atoms with Gasteiger partial charge in [0.2, 0.25) is 0 Å². The molecule has 2 aromatic carbocycles. The zero-order valence-electron chi connectivity index (χ0n) is 14.8. The Kier molecular flexibility index (Phi) is 4.53. The summed E-state index contributed by atoms with van der Waals surface area (Å²) in [4.78, 5) is 24.9. The van der Waals surface area contributed by atoms with Gasteiger partial charge in [-0.3, -0.25) is 0 Å². The number of esters is 2. The van der Waals surface area contributed by atoms with Crippen molar-refractivity contribution in [1.82, 2.24) is 0 Å². The Balaban J connectivity index is 1.60. The van der Waals surface area contributed by atoms with Gasteiger partial charge in [-0.2, -0.15) is 0 Å². The normalized spacial score (nSPS) is 19.1. The van der Waals surface area contributed by atoms with Crippen molar-refractivity contribution in [3.05, 3.63) is 88.6 Å². The SMILES string of the molecule is CC1(c2ccccc2)OC(=O)C(=Cc2ccc(-c3cccc(Cl)c3)o2)C(=O)O1. The topological polar surface area (TPSA) is 65.7 Å². The van der Waals surface area contributed by atoms with Crippen molar-refractivity contribution < 1.29 is 23.5 Å². The van der Waals surface area contributed by atoms with E-state index in [9.17, 15) is 9.59 Å². The maximum absolute atomic E-state index is 12.5. The summed E-state index contributed by atoms with van der Waals surface area (Å²) in [6.07, 6.45) is 1.31. The Morgan fingerprint density at radius 3 is 2.29 bits per heavy atom. The highest BCUT2D eigenvalue weighted by atomic mass is 35.5. The molecule has 0 bridgehead atoms. The largest absolute Gasteiger partial charge is 0.457 e. The van der Waals surface area contributed by atoms with Crippen molar-refractivity contribution in [3.8, 4) is 11.3 Å². The number of halogens is 1. The molecule has 0 spiro atoms. The molecule has 1 aromatic heterocycles. The van der Waals surface area contributed by atoms with E-state index >= 15 is 0 Å². The highest BCUT2D eigenvalue weighted by Crippen LogP contribution is 2.34. The molecule has 0 unspecified atom stereocenters. The lowest BCUT2D eigenvalue weighted by Crippen LogP contribution is -2.42. The lowest BCUT2D eigenvalue weighted by molar-refractivity contribution is -0.233. The van der Waals surface area contributed by atoms with Gasteiger partial charge in [-0.1, -0.05) is 54.1 Å². The third-order valence-corrected chi connectivity index (χ3v) is 4.57. The molecule has 1 aliphatic rings. The minimum Gasteiger partial charge on any atom is -0.457 e. The summed E-state index contributed by atoms with van der Waals surface area (Å²) in [6.45, 7) is 1.53. The Morgan fingerprint density at radius 2 is 1.61 bits per heavy atom. The van der Waals surface area contributed by atoms with Gasteiger partial charge in [0.1, 0.15) is 17.1 Å². The molecule has 1 aliphatic heterocycles. The molecule has 0 N–H and O–H groups in total. The van der Waals surface area contributed by atoms with Crippen LogP contribution in [0, 0.1) is 0 Å². The summed E-state index contributed by atoms with van der Waals surface area (Å²) < 4.78 is 16.5. The van der Waals surface area contributed by atoms with Crippen LogP contribution in [-0.4, -0.2) is 11.9 Å². The number of cyclic esters (lactones) is 2. The van der Waals surface area contributed by atoms with Gasteiger partial charge in [-0.25, -0.2) is 9.59 Å². The molecule has 4 rings (SSSR count). The van der Waals surface area contributed by atoms with Crippen LogP contribution < -0.4 is 0 Å². The first-order valence-corrected chi connectivity index (χ1v) is 8.92. The second kappa shape index (κ2) is 7.02. The van der Waals surface area contributed by atoms with Gasteiger partial charge in [0.25, 0.3) is 5.79 Å². The van der Waals surface area contributed by atoms with Crippen LogP contribution in [0.1, 0.15) is 18.2 Å². The minimum atomic E-state index is -1.47. The third-order valence-electron chi connectivity index (χ3n) is 4.34. The van der Waals surface area contributed by atoms with E-state index in [1.807, 2.05) is 12.1 Å². The van der Waals surface area contributed by atoms with E-state index in [0.717, 1.165) is 5.56 Å². The predicted octanol–water partition coefficient (Wildman–Crippen LogP) is 4.96. The number of rotatable bonds is 3. The van der Waals surface area contributed by atoms with Gasteiger partial charge >= 0.3 is 11.9 Å². The van der Waals surface area contributed by atoms with Crippen LogP contribution in [0.2, 0.25) is 5.02 Å². The fraction of sp³-hybridized carbons (Fsp3) is 0.0909. The van der Waals surface area contributed by atoms with Crippen LogP contribution in [0.15, 0.2) is 76.7 Å². The average molecular weight is 395 g/mol. The summed E-state index contributed by atoms with van der Waals surface area (Å²) >= 11 is 6.00. The van der Waals surface area contributed by atoms with Crippen LogP contribution in [0.25, 0.3) is 17.4 Å². The molecule has 0 saturated carbocycles. The number of hydrogen-bond acceptors (Lipinski definition) is 5. The van der Waals surface area contributed by atoms with Gasteiger partial charge in [0, 0.05) is 29.1 Å². The number of furan rings is 1. The van der Waals surface area contributed by atoms with Crippen LogP contribution in [0.5, 0.6) is 0 Å².